The molecule has 2 heterocycles. The second kappa shape index (κ2) is 10.1. The van der Waals surface area contributed by atoms with Crippen LogP contribution in [-0.2, 0) is 0 Å². The Morgan fingerprint density at radius 2 is 0.727 bits per heavy atom. The highest BCUT2D eigenvalue weighted by atomic mass is 16.5. The van der Waals surface area contributed by atoms with Gasteiger partial charge in [-0.1, -0.05) is 48.5 Å². The number of anilines is 6. The molecule has 6 nitrogen and oxygen atoms in total. The molecule has 8 rings (SSSR count). The van der Waals surface area contributed by atoms with E-state index in [4.69, 9.17) is 9.47 Å². The zero-order chi connectivity index (χ0) is 29.6. The first-order valence-electron chi connectivity index (χ1n) is 14.1. The molecule has 0 aliphatic carbocycles. The van der Waals surface area contributed by atoms with Crippen molar-refractivity contribution in [3.63, 3.8) is 0 Å². The van der Waals surface area contributed by atoms with Crippen molar-refractivity contribution in [3.8, 4) is 46.3 Å². The monoisotopic (exact) mass is 566 g/mol. The van der Waals surface area contributed by atoms with Crippen molar-refractivity contribution in [2.45, 2.75) is 0 Å². The molecule has 206 valence electrons. The average molecular weight is 567 g/mol. The second-order valence-corrected chi connectivity index (χ2v) is 10.5. The first kappa shape index (κ1) is 25.2. The number of para-hydroxylation sites is 8. The number of benzene rings is 6. The molecular weight excluding hydrogens is 544 g/mol. The Bertz CT molecular complexity index is 1950. The van der Waals surface area contributed by atoms with Gasteiger partial charge in [0.25, 0.3) is 0 Å². The predicted molar refractivity (Wildman–Crippen MR) is 171 cm³/mol. The summed E-state index contributed by atoms with van der Waals surface area (Å²) in [5, 5.41) is 20.3. The fourth-order valence-corrected chi connectivity index (χ4v) is 5.91. The lowest BCUT2D eigenvalue weighted by atomic mass is 9.98. The van der Waals surface area contributed by atoms with Crippen LogP contribution >= 0.6 is 0 Å². The highest BCUT2D eigenvalue weighted by Crippen LogP contribution is 2.52. The lowest BCUT2D eigenvalue weighted by Crippen LogP contribution is -2.16. The van der Waals surface area contributed by atoms with Gasteiger partial charge in [-0.25, -0.2) is 0 Å². The zero-order valence-corrected chi connectivity index (χ0v) is 23.3. The van der Waals surface area contributed by atoms with E-state index in [-0.39, 0.29) is 0 Å². The molecular formula is C38H22N4O2. The minimum atomic E-state index is 0.505. The second-order valence-electron chi connectivity index (χ2n) is 10.5. The van der Waals surface area contributed by atoms with Gasteiger partial charge < -0.3 is 19.3 Å². The van der Waals surface area contributed by atoms with Crippen LogP contribution in [0.2, 0.25) is 0 Å². The van der Waals surface area contributed by atoms with Crippen LogP contribution in [0.25, 0.3) is 11.1 Å². The Kier molecular flexibility index (Phi) is 5.79. The highest BCUT2D eigenvalue weighted by molar-refractivity contribution is 5.90. The quantitative estimate of drug-likeness (QED) is 0.212. The standard InChI is InChI=1S/C38H22N4O2/c39-23-25-17-27(21-29(19-25)41-31-9-1-5-13-35(31)43-36-14-6-2-10-32(36)41)28-18-26(24-40)20-30(22-28)42-33-11-3-7-15-37(33)44-38-16-8-4-12-34(38)42/h1-22H. The summed E-state index contributed by atoms with van der Waals surface area (Å²) in [6.45, 7) is 0. The third-order valence-electron chi connectivity index (χ3n) is 7.81. The topological polar surface area (TPSA) is 72.5 Å². The minimum Gasteiger partial charge on any atom is -0.453 e. The van der Waals surface area contributed by atoms with Crippen LogP contribution in [-0.4, -0.2) is 0 Å². The van der Waals surface area contributed by atoms with Crippen LogP contribution in [0.4, 0.5) is 34.1 Å². The van der Waals surface area contributed by atoms with E-state index in [1.807, 2.05) is 121 Å². The lowest BCUT2D eigenvalue weighted by molar-refractivity contribution is 0.476. The fourth-order valence-electron chi connectivity index (χ4n) is 5.91. The van der Waals surface area contributed by atoms with E-state index in [0.29, 0.717) is 11.1 Å². The molecule has 6 aromatic rings. The first-order valence-corrected chi connectivity index (χ1v) is 14.1. The van der Waals surface area contributed by atoms with E-state index in [0.717, 1.165) is 68.2 Å². The van der Waals surface area contributed by atoms with Crippen molar-refractivity contribution in [1.29, 1.82) is 10.5 Å². The summed E-state index contributed by atoms with van der Waals surface area (Å²) in [6, 6.07) is 47.7. The lowest BCUT2D eigenvalue weighted by Gasteiger charge is -2.33. The number of hydrogen-bond acceptors (Lipinski definition) is 6. The molecule has 0 spiro atoms. The van der Waals surface area contributed by atoms with Crippen molar-refractivity contribution >= 4 is 34.1 Å². The highest BCUT2D eigenvalue weighted by Gasteiger charge is 2.28. The van der Waals surface area contributed by atoms with Gasteiger partial charge in [0.1, 0.15) is 0 Å². The predicted octanol–water partition coefficient (Wildman–Crippen LogP) is 10.2. The van der Waals surface area contributed by atoms with E-state index in [2.05, 4.69) is 34.1 Å². The number of nitrogens with zero attached hydrogens (tertiary/aromatic N) is 4. The maximum absolute atomic E-state index is 10.1. The summed E-state index contributed by atoms with van der Waals surface area (Å²) in [7, 11) is 0. The number of rotatable bonds is 3. The Hall–Kier alpha value is -6.50. The van der Waals surface area contributed by atoms with E-state index < -0.39 is 0 Å². The van der Waals surface area contributed by atoms with Gasteiger partial charge in [0.2, 0.25) is 0 Å². The molecule has 0 amide bonds. The number of nitriles is 2. The van der Waals surface area contributed by atoms with Gasteiger partial charge >= 0.3 is 0 Å². The molecule has 0 saturated heterocycles. The van der Waals surface area contributed by atoms with Crippen molar-refractivity contribution in [3.05, 3.63) is 145 Å². The summed E-state index contributed by atoms with van der Waals surface area (Å²) in [5.41, 5.74) is 7.76. The summed E-state index contributed by atoms with van der Waals surface area (Å²) >= 11 is 0. The van der Waals surface area contributed by atoms with Crippen LogP contribution in [0.3, 0.4) is 0 Å². The van der Waals surface area contributed by atoms with Gasteiger partial charge in [-0.15, -0.1) is 0 Å². The minimum absolute atomic E-state index is 0.505. The fraction of sp³-hybridized carbons (Fsp3) is 0. The van der Waals surface area contributed by atoms with Gasteiger partial charge in [-0.2, -0.15) is 10.5 Å². The van der Waals surface area contributed by atoms with E-state index >= 15 is 0 Å². The SMILES string of the molecule is N#Cc1cc(-c2cc(C#N)cc(N3c4ccccc4Oc4ccccc43)c2)cc(N2c3ccccc3Oc3ccccc32)c1. The van der Waals surface area contributed by atoms with Crippen molar-refractivity contribution in [2.75, 3.05) is 9.80 Å². The molecule has 0 unspecified atom stereocenters. The maximum Gasteiger partial charge on any atom is 0.151 e. The summed E-state index contributed by atoms with van der Waals surface area (Å²) in [6.07, 6.45) is 0. The van der Waals surface area contributed by atoms with E-state index in [1.165, 1.54) is 0 Å². The van der Waals surface area contributed by atoms with Crippen molar-refractivity contribution in [2.24, 2.45) is 0 Å². The number of ether oxygens (including phenoxy) is 2. The van der Waals surface area contributed by atoms with Gasteiger partial charge in [0.15, 0.2) is 23.0 Å². The van der Waals surface area contributed by atoms with Crippen molar-refractivity contribution < 1.29 is 9.47 Å². The Morgan fingerprint density at radius 1 is 0.409 bits per heavy atom. The molecule has 0 radical (unpaired) electrons. The Balaban J connectivity index is 1.32. The van der Waals surface area contributed by atoms with Crippen LogP contribution in [0.5, 0.6) is 23.0 Å². The number of hydrogen-bond donors (Lipinski definition) is 0. The summed E-state index contributed by atoms with van der Waals surface area (Å²) in [5.74, 6) is 2.92. The smallest absolute Gasteiger partial charge is 0.151 e. The van der Waals surface area contributed by atoms with E-state index in [1.54, 1.807) is 0 Å². The van der Waals surface area contributed by atoms with Crippen LogP contribution < -0.4 is 19.3 Å². The molecule has 6 heteroatoms. The average Bonchev–Trinajstić information content (AvgIpc) is 3.09. The molecule has 44 heavy (non-hydrogen) atoms. The molecule has 0 fully saturated rings. The summed E-state index contributed by atoms with van der Waals surface area (Å²) < 4.78 is 12.4. The molecule has 0 aromatic heterocycles. The maximum atomic E-state index is 10.1. The third-order valence-corrected chi connectivity index (χ3v) is 7.81. The van der Waals surface area contributed by atoms with Gasteiger partial charge in [0.05, 0.1) is 46.0 Å². The Morgan fingerprint density at radius 3 is 1.05 bits per heavy atom. The van der Waals surface area contributed by atoms with E-state index in [9.17, 15) is 10.5 Å². The van der Waals surface area contributed by atoms with Gasteiger partial charge in [-0.05, 0) is 96.1 Å². The normalized spacial score (nSPS) is 12.3. The number of fused-ring (bicyclic) bond motifs is 4. The molecule has 0 atom stereocenters. The van der Waals surface area contributed by atoms with Gasteiger partial charge in [-0.3, -0.25) is 0 Å². The molecule has 0 N–H and O–H groups in total. The molecule has 2 aliphatic rings. The van der Waals surface area contributed by atoms with Crippen LogP contribution in [0, 0.1) is 22.7 Å². The Labute approximate surface area is 254 Å². The molecule has 0 saturated carbocycles. The van der Waals surface area contributed by atoms with Crippen LogP contribution in [0.15, 0.2) is 133 Å². The molecule has 6 aromatic carbocycles. The first-order chi connectivity index (χ1) is 21.7. The van der Waals surface area contributed by atoms with Crippen molar-refractivity contribution in [1.82, 2.24) is 0 Å². The largest absolute Gasteiger partial charge is 0.453 e. The van der Waals surface area contributed by atoms with Crippen LogP contribution in [0.1, 0.15) is 11.1 Å². The molecule has 0 bridgehead atoms. The van der Waals surface area contributed by atoms with Gasteiger partial charge in [0, 0.05) is 11.4 Å². The zero-order valence-electron chi connectivity index (χ0n) is 23.3. The molecule has 2 aliphatic heterocycles. The third kappa shape index (κ3) is 4.10. The summed E-state index contributed by atoms with van der Waals surface area (Å²) in [4.78, 5) is 4.23.